The molecule has 6 nitrogen and oxygen atoms in total. The predicted octanol–water partition coefficient (Wildman–Crippen LogP) is 3.14. The molecular weight excluding hydrogens is 455 g/mol. The number of halogens is 1. The van der Waals surface area contributed by atoms with E-state index in [1.165, 1.54) is 0 Å². The van der Waals surface area contributed by atoms with Crippen LogP contribution in [0.15, 0.2) is 4.99 Å². The van der Waals surface area contributed by atoms with Crippen LogP contribution >= 0.6 is 24.0 Å². The first kappa shape index (κ1) is 26.4. The minimum Gasteiger partial charge on any atom is -0.388 e. The van der Waals surface area contributed by atoms with Gasteiger partial charge in [-0.05, 0) is 45.4 Å². The zero-order chi connectivity index (χ0) is 19.6. The molecule has 1 heterocycles. The summed E-state index contributed by atoms with van der Waals surface area (Å²) < 4.78 is 0. The fraction of sp³-hybridized carbons (Fsp3) is 0.900. The summed E-state index contributed by atoms with van der Waals surface area (Å²) in [5.41, 5.74) is -0.729. The minimum atomic E-state index is -0.729. The normalized spacial score (nSPS) is 16.3. The maximum absolute atomic E-state index is 12.5. The molecule has 0 bridgehead atoms. The number of guanidine groups is 1. The van der Waals surface area contributed by atoms with E-state index >= 15 is 0 Å². The molecule has 7 heteroatoms. The molecule has 1 fully saturated rings. The Morgan fingerprint density at radius 1 is 1.15 bits per heavy atom. The second-order valence-electron chi connectivity index (χ2n) is 7.38. The quantitative estimate of drug-likeness (QED) is 0.261. The van der Waals surface area contributed by atoms with E-state index in [1.54, 1.807) is 0 Å². The van der Waals surface area contributed by atoms with E-state index in [0.717, 1.165) is 51.3 Å². The lowest BCUT2D eigenvalue weighted by Gasteiger charge is -2.35. The van der Waals surface area contributed by atoms with Crippen molar-refractivity contribution in [3.8, 4) is 0 Å². The number of hydrogen-bond donors (Lipinski definition) is 3. The molecule has 0 radical (unpaired) electrons. The Morgan fingerprint density at radius 3 is 2.15 bits per heavy atom. The number of aliphatic hydroxyl groups is 1. The zero-order valence-corrected chi connectivity index (χ0v) is 20.2. The van der Waals surface area contributed by atoms with Crippen molar-refractivity contribution < 1.29 is 9.90 Å². The van der Waals surface area contributed by atoms with E-state index in [4.69, 9.17) is 0 Å². The van der Waals surface area contributed by atoms with Gasteiger partial charge in [-0.1, -0.05) is 27.7 Å². The van der Waals surface area contributed by atoms with Crippen LogP contribution in [-0.2, 0) is 4.79 Å². The Bertz CT molecular complexity index is 443. The van der Waals surface area contributed by atoms with Crippen molar-refractivity contribution in [1.29, 1.82) is 0 Å². The number of nitrogens with one attached hydrogen (secondary N) is 2. The SMILES string of the molecule is CCNC(=NCC(O)(CC)CC)NC1CCN(C(=O)C(CC)CC)CC1.I. The van der Waals surface area contributed by atoms with Gasteiger partial charge < -0.3 is 20.6 Å². The molecule has 0 spiro atoms. The summed E-state index contributed by atoms with van der Waals surface area (Å²) in [5, 5.41) is 17.2. The molecular formula is C20H41IN4O2. The smallest absolute Gasteiger partial charge is 0.225 e. The molecule has 1 amide bonds. The molecule has 1 rings (SSSR count). The number of piperidine rings is 1. The van der Waals surface area contributed by atoms with E-state index in [9.17, 15) is 9.90 Å². The summed E-state index contributed by atoms with van der Waals surface area (Å²) in [6, 6.07) is 0.315. The van der Waals surface area contributed by atoms with Gasteiger partial charge in [-0.25, -0.2) is 0 Å². The van der Waals surface area contributed by atoms with Crippen LogP contribution in [0.25, 0.3) is 0 Å². The first-order valence-corrected chi connectivity index (χ1v) is 10.5. The lowest BCUT2D eigenvalue weighted by molar-refractivity contribution is -0.136. The van der Waals surface area contributed by atoms with Gasteiger partial charge in [0, 0.05) is 31.6 Å². The summed E-state index contributed by atoms with van der Waals surface area (Å²) in [7, 11) is 0. The van der Waals surface area contributed by atoms with E-state index in [1.807, 2.05) is 25.7 Å². The highest BCUT2D eigenvalue weighted by atomic mass is 127. The third kappa shape index (κ3) is 8.54. The fourth-order valence-electron chi connectivity index (χ4n) is 3.35. The number of rotatable bonds is 9. The van der Waals surface area contributed by atoms with Crippen molar-refractivity contribution >= 4 is 35.8 Å². The molecule has 0 saturated carbocycles. The molecule has 0 unspecified atom stereocenters. The van der Waals surface area contributed by atoms with Crippen LogP contribution < -0.4 is 10.6 Å². The second-order valence-corrected chi connectivity index (χ2v) is 7.38. The molecule has 0 aromatic carbocycles. The Kier molecular flexibility index (Phi) is 13.3. The average molecular weight is 496 g/mol. The van der Waals surface area contributed by atoms with Crippen molar-refractivity contribution in [2.75, 3.05) is 26.2 Å². The highest BCUT2D eigenvalue weighted by molar-refractivity contribution is 14.0. The van der Waals surface area contributed by atoms with E-state index in [-0.39, 0.29) is 29.9 Å². The summed E-state index contributed by atoms with van der Waals surface area (Å²) in [5.74, 6) is 1.24. The molecule has 0 atom stereocenters. The summed E-state index contributed by atoms with van der Waals surface area (Å²) in [6.45, 7) is 13.0. The number of likely N-dealkylation sites (tertiary alicyclic amines) is 1. The Balaban J connectivity index is 0.00000676. The number of carbonyl (C=O) groups excluding carboxylic acids is 1. The molecule has 160 valence electrons. The molecule has 0 aromatic rings. The van der Waals surface area contributed by atoms with Gasteiger partial charge in [0.2, 0.25) is 5.91 Å². The van der Waals surface area contributed by atoms with Gasteiger partial charge in [-0.15, -0.1) is 24.0 Å². The molecule has 1 saturated heterocycles. The van der Waals surface area contributed by atoms with E-state index in [2.05, 4.69) is 29.5 Å². The van der Waals surface area contributed by atoms with Gasteiger partial charge in [0.05, 0.1) is 12.1 Å². The number of carbonyl (C=O) groups is 1. The van der Waals surface area contributed by atoms with Gasteiger partial charge in [0.1, 0.15) is 0 Å². The number of aliphatic imine (C=N–C) groups is 1. The monoisotopic (exact) mass is 496 g/mol. The number of nitrogens with zero attached hydrogens (tertiary/aromatic N) is 2. The van der Waals surface area contributed by atoms with Crippen LogP contribution in [0.4, 0.5) is 0 Å². The van der Waals surface area contributed by atoms with Crippen LogP contribution in [0, 0.1) is 5.92 Å². The number of amides is 1. The van der Waals surface area contributed by atoms with Crippen LogP contribution in [0.1, 0.15) is 73.1 Å². The standard InChI is InChI=1S/C20H40N4O2.HI/c1-6-16(7-2)18(25)24-13-11-17(12-14-24)23-19(21-10-5)22-15-20(26,8-3)9-4;/h16-17,26H,6-15H2,1-5H3,(H2,21,22,23);1H. The molecule has 3 N–H and O–H groups in total. The lowest BCUT2D eigenvalue weighted by Crippen LogP contribution is -2.51. The van der Waals surface area contributed by atoms with E-state index < -0.39 is 5.60 Å². The van der Waals surface area contributed by atoms with Crippen molar-refractivity contribution in [3.63, 3.8) is 0 Å². The van der Waals surface area contributed by atoms with Crippen LogP contribution in [0.5, 0.6) is 0 Å². The Labute approximate surface area is 183 Å². The van der Waals surface area contributed by atoms with Gasteiger partial charge in [0.15, 0.2) is 5.96 Å². The largest absolute Gasteiger partial charge is 0.388 e. The summed E-state index contributed by atoms with van der Waals surface area (Å²) >= 11 is 0. The van der Waals surface area contributed by atoms with Crippen molar-refractivity contribution in [2.24, 2.45) is 10.9 Å². The first-order chi connectivity index (χ1) is 12.4. The van der Waals surface area contributed by atoms with E-state index in [0.29, 0.717) is 31.3 Å². The molecule has 0 aliphatic carbocycles. The van der Waals surface area contributed by atoms with Crippen LogP contribution in [-0.4, -0.2) is 59.7 Å². The van der Waals surface area contributed by atoms with Gasteiger partial charge in [-0.2, -0.15) is 0 Å². The third-order valence-electron chi connectivity index (χ3n) is 5.67. The van der Waals surface area contributed by atoms with Crippen LogP contribution in [0.3, 0.4) is 0 Å². The maximum Gasteiger partial charge on any atom is 0.225 e. The lowest BCUT2D eigenvalue weighted by atomic mass is 9.98. The average Bonchev–Trinajstić information content (AvgIpc) is 2.67. The zero-order valence-electron chi connectivity index (χ0n) is 17.9. The maximum atomic E-state index is 12.5. The highest BCUT2D eigenvalue weighted by Gasteiger charge is 2.27. The molecule has 0 aromatic heterocycles. The fourth-order valence-corrected chi connectivity index (χ4v) is 3.35. The topological polar surface area (TPSA) is 77.0 Å². The predicted molar refractivity (Wildman–Crippen MR) is 124 cm³/mol. The van der Waals surface area contributed by atoms with Gasteiger partial charge in [0.25, 0.3) is 0 Å². The first-order valence-electron chi connectivity index (χ1n) is 10.5. The number of hydrogen-bond acceptors (Lipinski definition) is 3. The molecule has 27 heavy (non-hydrogen) atoms. The second kappa shape index (κ2) is 13.6. The van der Waals surface area contributed by atoms with Gasteiger partial charge >= 0.3 is 0 Å². The summed E-state index contributed by atoms with van der Waals surface area (Å²) in [6.07, 6.45) is 5.10. The molecule has 1 aliphatic heterocycles. The van der Waals surface area contributed by atoms with Crippen molar-refractivity contribution in [1.82, 2.24) is 15.5 Å². The minimum absolute atomic E-state index is 0. The Hall–Kier alpha value is -0.570. The summed E-state index contributed by atoms with van der Waals surface area (Å²) in [4.78, 5) is 19.1. The van der Waals surface area contributed by atoms with Crippen LogP contribution in [0.2, 0.25) is 0 Å². The van der Waals surface area contributed by atoms with Crippen molar-refractivity contribution in [2.45, 2.75) is 84.8 Å². The molecule has 1 aliphatic rings. The van der Waals surface area contributed by atoms with Gasteiger partial charge in [-0.3, -0.25) is 9.79 Å². The van der Waals surface area contributed by atoms with Crippen molar-refractivity contribution in [3.05, 3.63) is 0 Å². The third-order valence-corrected chi connectivity index (χ3v) is 5.67. The highest BCUT2D eigenvalue weighted by Crippen LogP contribution is 2.18. The Morgan fingerprint density at radius 2 is 1.70 bits per heavy atom.